The van der Waals surface area contributed by atoms with Crippen molar-refractivity contribution in [2.45, 2.75) is 19.9 Å². The number of aliphatic hydroxyl groups is 1. The van der Waals surface area contributed by atoms with Crippen molar-refractivity contribution in [3.8, 4) is 0 Å². The van der Waals surface area contributed by atoms with E-state index >= 15 is 0 Å². The molecule has 1 amide bonds. The van der Waals surface area contributed by atoms with Gasteiger partial charge in [0.05, 0.1) is 28.3 Å². The molecule has 0 fully saturated rings. The maximum Gasteiger partial charge on any atom is 0.271 e. The fraction of sp³-hybridized carbons (Fsp3) is 0.462. The highest BCUT2D eigenvalue weighted by molar-refractivity contribution is 6.34. The molecule has 1 rings (SSSR count). The first-order chi connectivity index (χ1) is 9.90. The Morgan fingerprint density at radius 3 is 2.71 bits per heavy atom. The van der Waals surface area contributed by atoms with E-state index in [0.29, 0.717) is 18.8 Å². The number of carbonyl (C=O) groups is 1. The first kappa shape index (κ1) is 17.4. The number of aliphatic hydroxyl groups excluding tert-OH is 1. The van der Waals surface area contributed by atoms with Crippen LogP contribution in [0.1, 0.15) is 13.8 Å². The molecule has 8 heteroatoms. The molecule has 0 saturated heterocycles. The Balaban J connectivity index is 2.81. The highest BCUT2D eigenvalue weighted by Gasteiger charge is 2.20. The highest BCUT2D eigenvalue weighted by Crippen LogP contribution is 2.26. The second kappa shape index (κ2) is 7.92. The summed E-state index contributed by atoms with van der Waals surface area (Å²) in [6.07, 6.45) is 0. The standard InChI is InChI=1S/C13H18ClN3O4/c1-3-16(6-7-18)9(2)13(19)15-12-5-4-10(17(20)21)8-11(12)14/h4-5,8-9,18H,3,6-7H2,1-2H3,(H,15,19). The molecule has 21 heavy (non-hydrogen) atoms. The van der Waals surface area contributed by atoms with Gasteiger partial charge in [0.25, 0.3) is 5.69 Å². The molecule has 0 radical (unpaired) electrons. The second-order valence-corrected chi connectivity index (χ2v) is 4.85. The van der Waals surface area contributed by atoms with Gasteiger partial charge in [-0.3, -0.25) is 19.8 Å². The Kier molecular flexibility index (Phi) is 6.54. The largest absolute Gasteiger partial charge is 0.395 e. The van der Waals surface area contributed by atoms with E-state index in [0.717, 1.165) is 0 Å². The molecule has 1 aromatic rings. The van der Waals surface area contributed by atoms with Crippen LogP contribution in [0, 0.1) is 10.1 Å². The van der Waals surface area contributed by atoms with Gasteiger partial charge in [0.2, 0.25) is 5.91 Å². The second-order valence-electron chi connectivity index (χ2n) is 4.44. The summed E-state index contributed by atoms with van der Waals surface area (Å²) in [7, 11) is 0. The maximum atomic E-state index is 12.1. The number of nitro groups is 1. The number of amides is 1. The third-order valence-electron chi connectivity index (χ3n) is 3.14. The molecule has 0 spiro atoms. The zero-order valence-electron chi connectivity index (χ0n) is 11.9. The lowest BCUT2D eigenvalue weighted by molar-refractivity contribution is -0.384. The molecule has 0 saturated carbocycles. The number of hydrogen-bond donors (Lipinski definition) is 2. The number of halogens is 1. The smallest absolute Gasteiger partial charge is 0.271 e. The summed E-state index contributed by atoms with van der Waals surface area (Å²) in [4.78, 5) is 24.0. The minimum absolute atomic E-state index is 0.0379. The fourth-order valence-electron chi connectivity index (χ4n) is 1.88. The van der Waals surface area contributed by atoms with Crippen LogP contribution < -0.4 is 5.32 Å². The number of likely N-dealkylation sites (N-methyl/N-ethyl adjacent to an activating group) is 1. The number of carbonyl (C=O) groups excluding carboxylic acids is 1. The Morgan fingerprint density at radius 2 is 2.24 bits per heavy atom. The van der Waals surface area contributed by atoms with Crippen LogP contribution in [0.2, 0.25) is 5.02 Å². The van der Waals surface area contributed by atoms with E-state index in [9.17, 15) is 14.9 Å². The topological polar surface area (TPSA) is 95.7 Å². The molecule has 1 unspecified atom stereocenters. The van der Waals surface area contributed by atoms with Crippen molar-refractivity contribution >= 4 is 28.9 Å². The lowest BCUT2D eigenvalue weighted by Crippen LogP contribution is -2.43. The summed E-state index contributed by atoms with van der Waals surface area (Å²) < 4.78 is 0. The van der Waals surface area contributed by atoms with E-state index in [1.54, 1.807) is 11.8 Å². The summed E-state index contributed by atoms with van der Waals surface area (Å²) in [5.74, 6) is -0.291. The number of non-ortho nitro benzene ring substituents is 1. The fourth-order valence-corrected chi connectivity index (χ4v) is 2.10. The number of anilines is 1. The Labute approximate surface area is 127 Å². The van der Waals surface area contributed by atoms with Crippen LogP contribution in [0.3, 0.4) is 0 Å². The molecule has 0 bridgehead atoms. The van der Waals surface area contributed by atoms with Crippen molar-refractivity contribution in [1.82, 2.24) is 4.90 Å². The number of rotatable bonds is 7. The van der Waals surface area contributed by atoms with Crippen molar-refractivity contribution in [1.29, 1.82) is 0 Å². The molecule has 1 aromatic carbocycles. The van der Waals surface area contributed by atoms with Gasteiger partial charge in [-0.1, -0.05) is 18.5 Å². The van der Waals surface area contributed by atoms with Crippen molar-refractivity contribution in [2.24, 2.45) is 0 Å². The van der Waals surface area contributed by atoms with Gasteiger partial charge < -0.3 is 10.4 Å². The van der Waals surface area contributed by atoms with Crippen molar-refractivity contribution in [3.63, 3.8) is 0 Å². The van der Waals surface area contributed by atoms with E-state index in [4.69, 9.17) is 16.7 Å². The molecule has 0 aliphatic rings. The number of nitrogens with one attached hydrogen (secondary N) is 1. The van der Waals surface area contributed by atoms with E-state index < -0.39 is 11.0 Å². The third kappa shape index (κ3) is 4.66. The average Bonchev–Trinajstić information content (AvgIpc) is 2.45. The van der Waals surface area contributed by atoms with Crippen LogP contribution in [0.25, 0.3) is 0 Å². The predicted molar refractivity (Wildman–Crippen MR) is 80.5 cm³/mol. The lowest BCUT2D eigenvalue weighted by Gasteiger charge is -2.26. The molecule has 7 nitrogen and oxygen atoms in total. The Bertz CT molecular complexity index is 524. The van der Waals surface area contributed by atoms with Crippen molar-refractivity contribution < 1.29 is 14.8 Å². The Morgan fingerprint density at radius 1 is 1.57 bits per heavy atom. The first-order valence-corrected chi connectivity index (χ1v) is 6.88. The summed E-state index contributed by atoms with van der Waals surface area (Å²) in [5, 5.41) is 22.3. The molecule has 2 N–H and O–H groups in total. The number of nitrogens with zero attached hydrogens (tertiary/aromatic N) is 2. The minimum atomic E-state index is -0.555. The summed E-state index contributed by atoms with van der Waals surface area (Å²) in [6, 6.07) is 3.41. The zero-order valence-corrected chi connectivity index (χ0v) is 12.6. The van der Waals surface area contributed by atoms with E-state index in [-0.39, 0.29) is 23.2 Å². The third-order valence-corrected chi connectivity index (χ3v) is 3.45. The zero-order chi connectivity index (χ0) is 16.0. The molecule has 116 valence electrons. The molecule has 0 aliphatic carbocycles. The normalized spacial score (nSPS) is 12.2. The number of benzene rings is 1. The molecule has 1 atom stereocenters. The van der Waals surface area contributed by atoms with Gasteiger partial charge in [-0.2, -0.15) is 0 Å². The van der Waals surface area contributed by atoms with Gasteiger partial charge in [0.15, 0.2) is 0 Å². The molecule has 0 aromatic heterocycles. The van der Waals surface area contributed by atoms with Gasteiger partial charge in [-0.15, -0.1) is 0 Å². The van der Waals surface area contributed by atoms with Crippen molar-refractivity contribution in [2.75, 3.05) is 25.0 Å². The van der Waals surface area contributed by atoms with Crippen molar-refractivity contribution in [3.05, 3.63) is 33.3 Å². The maximum absolute atomic E-state index is 12.1. The average molecular weight is 316 g/mol. The number of nitro benzene ring substituents is 1. The van der Waals surface area contributed by atoms with Crippen LogP contribution in [-0.2, 0) is 4.79 Å². The summed E-state index contributed by atoms with van der Waals surface area (Å²) in [6.45, 7) is 4.57. The predicted octanol–water partition coefficient (Wildman–Crippen LogP) is 1.89. The molecule has 0 aliphatic heterocycles. The first-order valence-electron chi connectivity index (χ1n) is 6.50. The Hall–Kier alpha value is -1.70. The van der Waals surface area contributed by atoms with Crippen LogP contribution in [0.15, 0.2) is 18.2 Å². The minimum Gasteiger partial charge on any atom is -0.395 e. The lowest BCUT2D eigenvalue weighted by atomic mass is 10.2. The van der Waals surface area contributed by atoms with Gasteiger partial charge in [-0.25, -0.2) is 0 Å². The van der Waals surface area contributed by atoms with Gasteiger partial charge in [-0.05, 0) is 19.5 Å². The van der Waals surface area contributed by atoms with Crippen LogP contribution in [0.5, 0.6) is 0 Å². The van der Waals surface area contributed by atoms with E-state index in [2.05, 4.69) is 5.32 Å². The van der Waals surface area contributed by atoms with Gasteiger partial charge in [0.1, 0.15) is 0 Å². The summed E-state index contributed by atoms with van der Waals surface area (Å²) in [5.41, 5.74) is 0.181. The highest BCUT2D eigenvalue weighted by atomic mass is 35.5. The molecule has 0 heterocycles. The van der Waals surface area contributed by atoms with Crippen LogP contribution in [0.4, 0.5) is 11.4 Å². The van der Waals surface area contributed by atoms with E-state index in [1.807, 2.05) is 6.92 Å². The van der Waals surface area contributed by atoms with E-state index in [1.165, 1.54) is 18.2 Å². The monoisotopic (exact) mass is 315 g/mol. The molecular weight excluding hydrogens is 298 g/mol. The van der Waals surface area contributed by atoms with Crippen LogP contribution >= 0.6 is 11.6 Å². The quantitative estimate of drug-likeness (QED) is 0.591. The summed E-state index contributed by atoms with van der Waals surface area (Å²) >= 11 is 5.92. The molecular formula is C13H18ClN3O4. The van der Waals surface area contributed by atoms with Gasteiger partial charge >= 0.3 is 0 Å². The van der Waals surface area contributed by atoms with Gasteiger partial charge in [0, 0.05) is 18.7 Å². The van der Waals surface area contributed by atoms with Crippen LogP contribution in [-0.4, -0.2) is 46.6 Å². The number of hydrogen-bond acceptors (Lipinski definition) is 5. The SMILES string of the molecule is CCN(CCO)C(C)C(=O)Nc1ccc([N+](=O)[O-])cc1Cl.